The van der Waals surface area contributed by atoms with E-state index in [1.807, 2.05) is 84.9 Å². The van der Waals surface area contributed by atoms with Crippen LogP contribution in [0.5, 0.6) is 0 Å². The van der Waals surface area contributed by atoms with Crippen LogP contribution in [0.1, 0.15) is 22.3 Å². The molecule has 4 aromatic carbocycles. The summed E-state index contributed by atoms with van der Waals surface area (Å²) in [5.74, 6) is -0.542. The lowest BCUT2D eigenvalue weighted by Gasteiger charge is -2.26. The van der Waals surface area contributed by atoms with Crippen LogP contribution in [-0.4, -0.2) is 22.0 Å². The smallest absolute Gasteiger partial charge is 0.416 e. The molecule has 1 atom stereocenters. The Morgan fingerprint density at radius 2 is 1.22 bits per heavy atom. The first-order valence-electron chi connectivity index (χ1n) is 11.9. The van der Waals surface area contributed by atoms with Crippen molar-refractivity contribution < 1.29 is 23.1 Å². The number of amides is 1. The summed E-state index contributed by atoms with van der Waals surface area (Å²) < 4.78 is 39.2. The van der Waals surface area contributed by atoms with Crippen LogP contribution in [0.15, 0.2) is 115 Å². The van der Waals surface area contributed by atoms with Crippen LogP contribution in [0, 0.1) is 0 Å². The molecule has 0 saturated heterocycles. The SMILES string of the molecule is O=C1C(c2ccc(C(F)(F)F)cc2)=C(O)[C@@H](Cc2ccccc2)N1Cc1ccc(-c2ccccc2)cc1. The molecule has 1 aliphatic rings. The second kappa shape index (κ2) is 9.97. The summed E-state index contributed by atoms with van der Waals surface area (Å²) in [4.78, 5) is 15.2. The summed E-state index contributed by atoms with van der Waals surface area (Å²) in [5.41, 5.74) is 3.43. The van der Waals surface area contributed by atoms with Crippen LogP contribution >= 0.6 is 0 Å². The molecule has 1 aliphatic heterocycles. The van der Waals surface area contributed by atoms with E-state index in [2.05, 4.69) is 0 Å². The highest BCUT2D eigenvalue weighted by atomic mass is 19.4. The molecule has 1 heterocycles. The van der Waals surface area contributed by atoms with Crippen LogP contribution in [-0.2, 0) is 23.9 Å². The number of benzene rings is 4. The summed E-state index contributed by atoms with van der Waals surface area (Å²) in [6, 6.07) is 31.0. The largest absolute Gasteiger partial charge is 0.509 e. The Kier molecular flexibility index (Phi) is 6.57. The molecule has 0 aromatic heterocycles. The van der Waals surface area contributed by atoms with Crippen LogP contribution in [0.3, 0.4) is 0 Å². The van der Waals surface area contributed by atoms with E-state index in [0.717, 1.165) is 34.4 Å². The van der Waals surface area contributed by atoms with E-state index in [9.17, 15) is 23.1 Å². The summed E-state index contributed by atoms with van der Waals surface area (Å²) >= 11 is 0. The number of rotatable bonds is 6. The van der Waals surface area contributed by atoms with E-state index in [1.54, 1.807) is 4.90 Å². The highest BCUT2D eigenvalue weighted by molar-refractivity contribution is 6.22. The minimum absolute atomic E-state index is 0.0376. The second-order valence-corrected chi connectivity index (χ2v) is 9.04. The first kappa shape index (κ1) is 24.4. The molecular formula is C31H24F3NO2. The van der Waals surface area contributed by atoms with Gasteiger partial charge >= 0.3 is 6.18 Å². The van der Waals surface area contributed by atoms with Crippen molar-refractivity contribution in [2.24, 2.45) is 0 Å². The lowest BCUT2D eigenvalue weighted by atomic mass is 10.00. The normalized spacial score (nSPS) is 15.9. The molecule has 0 spiro atoms. The van der Waals surface area contributed by atoms with Gasteiger partial charge in [-0.05, 0) is 39.9 Å². The predicted octanol–water partition coefficient (Wildman–Crippen LogP) is 7.30. The predicted molar refractivity (Wildman–Crippen MR) is 137 cm³/mol. The molecule has 186 valence electrons. The average Bonchev–Trinajstić information content (AvgIpc) is 3.13. The molecule has 0 unspecified atom stereocenters. The molecule has 37 heavy (non-hydrogen) atoms. The van der Waals surface area contributed by atoms with Crippen molar-refractivity contribution in [2.45, 2.75) is 25.2 Å². The molecule has 3 nitrogen and oxygen atoms in total. The van der Waals surface area contributed by atoms with E-state index in [4.69, 9.17) is 0 Å². The molecule has 0 aliphatic carbocycles. The zero-order valence-electron chi connectivity index (χ0n) is 19.8. The van der Waals surface area contributed by atoms with Crippen LogP contribution in [0.2, 0.25) is 0 Å². The monoisotopic (exact) mass is 499 g/mol. The molecule has 0 saturated carbocycles. The van der Waals surface area contributed by atoms with Crippen LogP contribution in [0.25, 0.3) is 16.7 Å². The molecule has 6 heteroatoms. The van der Waals surface area contributed by atoms with Gasteiger partial charge in [0.1, 0.15) is 5.76 Å². The third kappa shape index (κ3) is 5.14. The molecule has 4 aromatic rings. The first-order chi connectivity index (χ1) is 17.8. The number of aliphatic hydroxyl groups is 1. The number of aliphatic hydroxyl groups excluding tert-OH is 1. The van der Waals surface area contributed by atoms with E-state index >= 15 is 0 Å². The lowest BCUT2D eigenvalue weighted by molar-refractivity contribution is -0.137. The van der Waals surface area contributed by atoms with Gasteiger partial charge in [0, 0.05) is 13.0 Å². The fraction of sp³-hybridized carbons (Fsp3) is 0.129. The maximum atomic E-state index is 13.6. The number of hydrogen-bond acceptors (Lipinski definition) is 2. The van der Waals surface area contributed by atoms with Gasteiger partial charge in [-0.1, -0.05) is 97.1 Å². The van der Waals surface area contributed by atoms with E-state index in [1.165, 1.54) is 12.1 Å². The van der Waals surface area contributed by atoms with Crippen molar-refractivity contribution in [3.63, 3.8) is 0 Å². The maximum absolute atomic E-state index is 13.6. The summed E-state index contributed by atoms with van der Waals surface area (Å²) in [6.07, 6.45) is -4.10. The van der Waals surface area contributed by atoms with Crippen molar-refractivity contribution in [1.29, 1.82) is 0 Å². The number of carbonyl (C=O) groups excluding carboxylic acids is 1. The summed E-state index contributed by atoms with van der Waals surface area (Å²) in [6.45, 7) is 0.250. The van der Waals surface area contributed by atoms with E-state index in [-0.39, 0.29) is 23.4 Å². The fourth-order valence-electron chi connectivity index (χ4n) is 4.66. The van der Waals surface area contributed by atoms with Gasteiger partial charge in [0.05, 0.1) is 17.2 Å². The molecule has 0 radical (unpaired) electrons. The quantitative estimate of drug-likeness (QED) is 0.303. The van der Waals surface area contributed by atoms with Gasteiger partial charge in [0.15, 0.2) is 0 Å². The third-order valence-electron chi connectivity index (χ3n) is 6.61. The van der Waals surface area contributed by atoms with Gasteiger partial charge in [-0.2, -0.15) is 13.2 Å². The van der Waals surface area contributed by atoms with E-state index < -0.39 is 23.7 Å². The number of alkyl halides is 3. The van der Waals surface area contributed by atoms with Gasteiger partial charge in [-0.3, -0.25) is 4.79 Å². The van der Waals surface area contributed by atoms with Gasteiger partial charge in [-0.25, -0.2) is 0 Å². The van der Waals surface area contributed by atoms with Crippen molar-refractivity contribution in [3.05, 3.63) is 137 Å². The Labute approximate surface area is 213 Å². The number of halogens is 3. The fourth-order valence-corrected chi connectivity index (χ4v) is 4.66. The highest BCUT2D eigenvalue weighted by Crippen LogP contribution is 2.36. The summed E-state index contributed by atoms with van der Waals surface area (Å²) in [7, 11) is 0. The van der Waals surface area contributed by atoms with Gasteiger partial charge in [-0.15, -0.1) is 0 Å². The molecular weight excluding hydrogens is 475 g/mol. The molecule has 5 rings (SSSR count). The molecule has 1 amide bonds. The molecule has 0 fully saturated rings. The average molecular weight is 500 g/mol. The summed E-state index contributed by atoms with van der Waals surface area (Å²) in [5, 5.41) is 11.2. The van der Waals surface area contributed by atoms with Crippen molar-refractivity contribution in [2.75, 3.05) is 0 Å². The van der Waals surface area contributed by atoms with Crippen LogP contribution < -0.4 is 0 Å². The van der Waals surface area contributed by atoms with Gasteiger partial charge < -0.3 is 10.0 Å². The zero-order valence-corrected chi connectivity index (χ0v) is 19.8. The highest BCUT2D eigenvalue weighted by Gasteiger charge is 2.40. The standard InChI is InChI=1S/C31H24F3NO2/c32-31(33,34)26-17-15-25(16-18-26)28-29(36)27(19-21-7-3-1-4-8-21)35(30(28)37)20-22-11-13-24(14-12-22)23-9-5-2-6-10-23/h1-18,27,36H,19-20H2/t27-/m1/s1. The van der Waals surface area contributed by atoms with Crippen molar-refractivity contribution in [1.82, 2.24) is 4.90 Å². The minimum Gasteiger partial charge on any atom is -0.509 e. The Morgan fingerprint density at radius 1 is 0.676 bits per heavy atom. The molecule has 1 N–H and O–H groups in total. The Morgan fingerprint density at radius 3 is 1.81 bits per heavy atom. The van der Waals surface area contributed by atoms with Gasteiger partial charge in [0.25, 0.3) is 5.91 Å². The van der Waals surface area contributed by atoms with Crippen molar-refractivity contribution in [3.8, 4) is 11.1 Å². The topological polar surface area (TPSA) is 40.5 Å². The lowest BCUT2D eigenvalue weighted by Crippen LogP contribution is -2.36. The van der Waals surface area contributed by atoms with Crippen molar-refractivity contribution >= 4 is 11.5 Å². The Bertz CT molecular complexity index is 1410. The number of carbonyl (C=O) groups is 1. The molecule has 0 bridgehead atoms. The number of hydrogen-bond donors (Lipinski definition) is 1. The second-order valence-electron chi connectivity index (χ2n) is 9.04. The first-order valence-corrected chi connectivity index (χ1v) is 11.9. The van der Waals surface area contributed by atoms with E-state index in [0.29, 0.717) is 6.42 Å². The van der Waals surface area contributed by atoms with Gasteiger partial charge in [0.2, 0.25) is 0 Å². The zero-order chi connectivity index (χ0) is 26.0. The Hall–Kier alpha value is -4.32. The Balaban J connectivity index is 1.46. The number of nitrogens with zero attached hydrogens (tertiary/aromatic N) is 1. The van der Waals surface area contributed by atoms with Crippen LogP contribution in [0.4, 0.5) is 13.2 Å². The minimum atomic E-state index is -4.48. The maximum Gasteiger partial charge on any atom is 0.416 e. The third-order valence-corrected chi connectivity index (χ3v) is 6.61.